The zero-order valence-electron chi connectivity index (χ0n) is 18.9. The number of aromatic amines is 1. The first-order valence-corrected chi connectivity index (χ1v) is 11.3. The van der Waals surface area contributed by atoms with Crippen LogP contribution in [0.5, 0.6) is 11.5 Å². The average Bonchev–Trinajstić information content (AvgIpc) is 3.29. The van der Waals surface area contributed by atoms with Crippen molar-refractivity contribution < 1.29 is 9.84 Å². The van der Waals surface area contributed by atoms with Gasteiger partial charge in [-0.2, -0.15) is 0 Å². The smallest absolute Gasteiger partial charge is 0.271 e. The molecule has 0 spiro atoms. The molecule has 3 N–H and O–H groups in total. The van der Waals surface area contributed by atoms with Crippen molar-refractivity contribution in [3.8, 4) is 11.5 Å². The lowest BCUT2D eigenvalue weighted by atomic mass is 10.1. The van der Waals surface area contributed by atoms with E-state index in [-0.39, 0.29) is 5.69 Å². The Morgan fingerprint density at radius 3 is 2.76 bits per heavy atom. The minimum Gasteiger partial charge on any atom is -0.502 e. The largest absolute Gasteiger partial charge is 0.502 e. The van der Waals surface area contributed by atoms with Crippen molar-refractivity contribution in [1.82, 2.24) is 19.9 Å². The Labute approximate surface area is 195 Å². The molecule has 2 aromatic carbocycles. The Bertz CT molecular complexity index is 1380. The molecule has 0 aliphatic carbocycles. The number of hydrogen-bond donors (Lipinski definition) is 3. The molecular weight excluding hydrogens is 436 g/mol. The molecule has 1 aliphatic rings. The Hall–Kier alpha value is -3.92. The number of nitrogens with one attached hydrogen (secondary N) is 2. The SMILES string of the molecule is COc1cncnc1N1CCN(CCCc2c[nH]c3ccc(Nc4c(O)c(=O)c4=O)cc23)CC1. The van der Waals surface area contributed by atoms with Gasteiger partial charge in [-0.15, -0.1) is 0 Å². The Kier molecular flexibility index (Phi) is 5.89. The quantitative estimate of drug-likeness (QED) is 0.336. The highest BCUT2D eigenvalue weighted by molar-refractivity contribution is 5.87. The highest BCUT2D eigenvalue weighted by Gasteiger charge is 2.21. The van der Waals surface area contributed by atoms with E-state index in [0.29, 0.717) is 11.4 Å². The Balaban J connectivity index is 1.17. The van der Waals surface area contributed by atoms with Crippen LogP contribution in [0.1, 0.15) is 12.0 Å². The van der Waals surface area contributed by atoms with E-state index in [4.69, 9.17) is 4.74 Å². The molecule has 3 heterocycles. The van der Waals surface area contributed by atoms with Gasteiger partial charge in [-0.3, -0.25) is 14.5 Å². The molecule has 1 aliphatic heterocycles. The molecule has 2 aromatic heterocycles. The van der Waals surface area contributed by atoms with Crippen LogP contribution in [0, 0.1) is 0 Å². The van der Waals surface area contributed by atoms with Gasteiger partial charge in [0.2, 0.25) is 0 Å². The first-order chi connectivity index (χ1) is 16.5. The summed E-state index contributed by atoms with van der Waals surface area (Å²) in [5.74, 6) is 1.04. The highest BCUT2D eigenvalue weighted by Crippen LogP contribution is 2.28. The fraction of sp³-hybridized carbons (Fsp3) is 0.333. The molecule has 0 unspecified atom stereocenters. The van der Waals surface area contributed by atoms with E-state index < -0.39 is 16.6 Å². The van der Waals surface area contributed by atoms with Crippen molar-refractivity contribution in [2.24, 2.45) is 0 Å². The molecular formula is C24H26N6O4. The maximum absolute atomic E-state index is 11.6. The number of aryl methyl sites for hydroxylation is 1. The number of benzene rings is 1. The number of H-pyrrole nitrogens is 1. The molecule has 4 aromatic rings. The van der Waals surface area contributed by atoms with Gasteiger partial charge in [-0.05, 0) is 43.1 Å². The molecule has 10 heteroatoms. The second-order valence-electron chi connectivity index (χ2n) is 8.43. The van der Waals surface area contributed by atoms with E-state index in [1.54, 1.807) is 19.6 Å². The number of ether oxygens (including phenoxy) is 1. The second kappa shape index (κ2) is 9.14. The van der Waals surface area contributed by atoms with Gasteiger partial charge in [0.1, 0.15) is 12.0 Å². The summed E-state index contributed by atoms with van der Waals surface area (Å²) < 4.78 is 5.39. The molecule has 0 saturated carbocycles. The minimum absolute atomic E-state index is 0.0415. The van der Waals surface area contributed by atoms with E-state index in [2.05, 4.69) is 30.1 Å². The lowest BCUT2D eigenvalue weighted by Gasteiger charge is -2.35. The summed E-state index contributed by atoms with van der Waals surface area (Å²) in [5.41, 5.74) is 1.28. The van der Waals surface area contributed by atoms with Crippen LogP contribution < -0.4 is 25.8 Å². The summed E-state index contributed by atoms with van der Waals surface area (Å²) in [7, 11) is 1.64. The third-order valence-electron chi connectivity index (χ3n) is 6.39. The van der Waals surface area contributed by atoms with Crippen LogP contribution in [0.2, 0.25) is 0 Å². The predicted octanol–water partition coefficient (Wildman–Crippen LogP) is 1.77. The molecule has 1 saturated heterocycles. The standard InChI is InChI=1S/C24H26N6O4/c1-34-19-13-25-14-27-24(19)30-9-7-29(8-10-30)6-2-3-15-12-26-18-5-4-16(11-17(15)18)28-20-21(31)23(33)22(20)32/h4-5,11-14,26,28,31H,2-3,6-10H2,1H3. The maximum atomic E-state index is 11.6. The molecule has 0 amide bonds. The van der Waals surface area contributed by atoms with Crippen molar-refractivity contribution in [2.75, 3.05) is 50.1 Å². The van der Waals surface area contributed by atoms with Crippen molar-refractivity contribution in [2.45, 2.75) is 12.8 Å². The van der Waals surface area contributed by atoms with Gasteiger partial charge in [0.05, 0.1) is 13.3 Å². The summed E-state index contributed by atoms with van der Waals surface area (Å²) in [5, 5.41) is 13.5. The van der Waals surface area contributed by atoms with E-state index in [9.17, 15) is 14.7 Å². The van der Waals surface area contributed by atoms with Crippen molar-refractivity contribution >= 4 is 28.1 Å². The average molecular weight is 463 g/mol. The van der Waals surface area contributed by atoms with Crippen LogP contribution in [0.25, 0.3) is 10.9 Å². The van der Waals surface area contributed by atoms with Crippen LogP contribution in [0.4, 0.5) is 17.2 Å². The number of piperazine rings is 1. The van der Waals surface area contributed by atoms with Crippen molar-refractivity contribution in [3.63, 3.8) is 0 Å². The number of hydrogen-bond acceptors (Lipinski definition) is 9. The number of anilines is 3. The fourth-order valence-corrected chi connectivity index (χ4v) is 4.47. The van der Waals surface area contributed by atoms with Crippen LogP contribution in [0.3, 0.4) is 0 Å². The number of fused-ring (bicyclic) bond motifs is 1. The zero-order chi connectivity index (χ0) is 23.7. The fourth-order valence-electron chi connectivity index (χ4n) is 4.47. The monoisotopic (exact) mass is 462 g/mol. The van der Waals surface area contributed by atoms with Gasteiger partial charge in [-0.1, -0.05) is 0 Å². The zero-order valence-corrected chi connectivity index (χ0v) is 18.9. The number of rotatable bonds is 8. The molecule has 1 fully saturated rings. The van der Waals surface area contributed by atoms with Crippen LogP contribution in [-0.4, -0.2) is 64.8 Å². The van der Waals surface area contributed by atoms with Crippen molar-refractivity contribution in [3.05, 3.63) is 62.9 Å². The lowest BCUT2D eigenvalue weighted by molar-refractivity contribution is 0.253. The molecule has 0 radical (unpaired) electrons. The normalized spacial score (nSPS) is 14.7. The third kappa shape index (κ3) is 4.08. The summed E-state index contributed by atoms with van der Waals surface area (Å²) >= 11 is 0. The topological polar surface area (TPSA) is 124 Å². The molecule has 10 nitrogen and oxygen atoms in total. The van der Waals surface area contributed by atoms with Gasteiger partial charge in [0.15, 0.2) is 17.3 Å². The van der Waals surface area contributed by atoms with Crippen LogP contribution >= 0.6 is 0 Å². The Morgan fingerprint density at radius 1 is 1.18 bits per heavy atom. The molecule has 176 valence electrons. The highest BCUT2D eigenvalue weighted by atomic mass is 16.5. The number of aromatic nitrogens is 3. The predicted molar refractivity (Wildman–Crippen MR) is 130 cm³/mol. The molecule has 0 bridgehead atoms. The summed E-state index contributed by atoms with van der Waals surface area (Å²) in [6.45, 7) is 4.69. The first kappa shape index (κ1) is 21.9. The van der Waals surface area contributed by atoms with Gasteiger partial charge >= 0.3 is 0 Å². The summed E-state index contributed by atoms with van der Waals surface area (Å²) in [6, 6.07) is 5.67. The van der Waals surface area contributed by atoms with Crippen LogP contribution in [0.15, 0.2) is 46.5 Å². The molecule has 5 rings (SSSR count). The van der Waals surface area contributed by atoms with E-state index in [1.807, 2.05) is 24.4 Å². The summed E-state index contributed by atoms with van der Waals surface area (Å²) in [4.78, 5) is 39.3. The Morgan fingerprint density at radius 2 is 2.00 bits per heavy atom. The number of aromatic hydroxyl groups is 1. The van der Waals surface area contributed by atoms with Gasteiger partial charge < -0.3 is 25.0 Å². The van der Waals surface area contributed by atoms with Gasteiger partial charge in [0.25, 0.3) is 10.9 Å². The first-order valence-electron chi connectivity index (χ1n) is 11.3. The van der Waals surface area contributed by atoms with Gasteiger partial charge in [-0.25, -0.2) is 9.97 Å². The second-order valence-corrected chi connectivity index (χ2v) is 8.43. The molecule has 34 heavy (non-hydrogen) atoms. The van der Waals surface area contributed by atoms with E-state index >= 15 is 0 Å². The maximum Gasteiger partial charge on any atom is 0.271 e. The summed E-state index contributed by atoms with van der Waals surface area (Å²) in [6.07, 6.45) is 7.19. The van der Waals surface area contributed by atoms with Crippen LogP contribution in [-0.2, 0) is 6.42 Å². The lowest BCUT2D eigenvalue weighted by Crippen LogP contribution is -2.47. The van der Waals surface area contributed by atoms with E-state index in [1.165, 1.54) is 5.56 Å². The number of nitrogens with zero attached hydrogens (tertiary/aromatic N) is 4. The minimum atomic E-state index is -0.845. The third-order valence-corrected chi connectivity index (χ3v) is 6.39. The van der Waals surface area contributed by atoms with Crippen molar-refractivity contribution in [1.29, 1.82) is 0 Å². The number of methoxy groups -OCH3 is 1. The molecule has 0 atom stereocenters. The van der Waals surface area contributed by atoms with Gasteiger partial charge in [0, 0.05) is 49.0 Å². The van der Waals surface area contributed by atoms with E-state index in [0.717, 1.165) is 62.3 Å².